The van der Waals surface area contributed by atoms with Gasteiger partial charge in [-0.2, -0.15) is 0 Å². The molecule has 7 heteroatoms. The molecule has 4 nitrogen and oxygen atoms in total. The van der Waals surface area contributed by atoms with Crippen molar-refractivity contribution in [2.24, 2.45) is 5.73 Å². The average molecular weight is 360 g/mol. The third-order valence-electron chi connectivity index (χ3n) is 2.39. The minimum absolute atomic E-state index is 0.0235. The summed E-state index contributed by atoms with van der Waals surface area (Å²) in [6, 6.07) is 6.71. The van der Waals surface area contributed by atoms with Gasteiger partial charge in [0.1, 0.15) is 11.6 Å². The molecule has 20 heavy (non-hydrogen) atoms. The van der Waals surface area contributed by atoms with Crippen LogP contribution in [0, 0.1) is 5.82 Å². The van der Waals surface area contributed by atoms with E-state index in [1.54, 1.807) is 0 Å². The molecule has 0 unspecified atom stereocenters. The van der Waals surface area contributed by atoms with Crippen LogP contribution < -0.4 is 16.2 Å². The Kier molecular flexibility index (Phi) is 4.15. The molecule has 1 amide bonds. The maximum absolute atomic E-state index is 13.3. The summed E-state index contributed by atoms with van der Waals surface area (Å²) < 4.78 is 19.2. The van der Waals surface area contributed by atoms with Gasteiger partial charge < -0.3 is 16.2 Å². The van der Waals surface area contributed by atoms with Gasteiger partial charge in [-0.15, -0.1) is 0 Å². The van der Waals surface area contributed by atoms with E-state index in [0.29, 0.717) is 4.47 Å². The Morgan fingerprint density at radius 1 is 1.25 bits per heavy atom. The van der Waals surface area contributed by atoms with Crippen LogP contribution in [-0.4, -0.2) is 5.91 Å². The second kappa shape index (κ2) is 5.68. The molecular formula is C13H9BrClFN2O2. The molecule has 0 saturated heterocycles. The molecule has 2 rings (SSSR count). The van der Waals surface area contributed by atoms with Crippen LogP contribution in [0.15, 0.2) is 34.8 Å². The van der Waals surface area contributed by atoms with Crippen LogP contribution in [0.3, 0.4) is 0 Å². The number of benzene rings is 2. The highest BCUT2D eigenvalue weighted by Gasteiger charge is 2.16. The first kappa shape index (κ1) is 14.6. The second-order valence-corrected chi connectivity index (χ2v) is 5.27. The molecule has 4 N–H and O–H groups in total. The SMILES string of the molecule is NC(=O)c1cc(N)cc(Cl)c1Oc1cc(F)cc(Br)c1. The molecule has 0 atom stereocenters. The van der Waals surface area contributed by atoms with Crippen LogP contribution >= 0.6 is 27.5 Å². The van der Waals surface area contributed by atoms with Gasteiger partial charge in [0.2, 0.25) is 0 Å². The minimum Gasteiger partial charge on any atom is -0.455 e. The van der Waals surface area contributed by atoms with Gasteiger partial charge in [0.15, 0.2) is 5.75 Å². The molecule has 0 spiro atoms. The first-order chi connectivity index (χ1) is 9.36. The second-order valence-electron chi connectivity index (χ2n) is 3.95. The van der Waals surface area contributed by atoms with E-state index in [2.05, 4.69) is 15.9 Å². The standard InChI is InChI=1S/C13H9BrClFN2O2/c14-6-1-7(16)3-9(2-6)20-12-10(13(18)19)4-8(17)5-11(12)15/h1-5H,17H2,(H2,18,19). The van der Waals surface area contributed by atoms with Crippen molar-refractivity contribution in [2.75, 3.05) is 5.73 Å². The molecule has 0 heterocycles. The fourth-order valence-corrected chi connectivity index (χ4v) is 2.32. The molecule has 0 aliphatic carbocycles. The number of amides is 1. The molecule has 0 aromatic heterocycles. The number of nitrogen functional groups attached to an aromatic ring is 1. The summed E-state index contributed by atoms with van der Waals surface area (Å²) in [6.07, 6.45) is 0. The summed E-state index contributed by atoms with van der Waals surface area (Å²) in [5.74, 6) is -1.04. The average Bonchev–Trinajstić information content (AvgIpc) is 2.30. The highest BCUT2D eigenvalue weighted by atomic mass is 79.9. The number of hydrogen-bond donors (Lipinski definition) is 2. The summed E-state index contributed by atoms with van der Waals surface area (Å²) in [4.78, 5) is 11.4. The van der Waals surface area contributed by atoms with Gasteiger partial charge in [-0.05, 0) is 24.3 Å². The summed E-state index contributed by atoms with van der Waals surface area (Å²) >= 11 is 9.13. The van der Waals surface area contributed by atoms with Crippen LogP contribution in [0.1, 0.15) is 10.4 Å². The summed E-state index contributed by atoms with van der Waals surface area (Å²) in [6.45, 7) is 0. The van der Waals surface area contributed by atoms with E-state index in [1.807, 2.05) is 0 Å². The molecule has 0 aliphatic rings. The molecular weight excluding hydrogens is 351 g/mol. The summed E-state index contributed by atoms with van der Waals surface area (Å²) in [5, 5.41) is 0.110. The Morgan fingerprint density at radius 2 is 1.95 bits per heavy atom. The third kappa shape index (κ3) is 3.20. The number of halogens is 3. The highest BCUT2D eigenvalue weighted by molar-refractivity contribution is 9.10. The van der Waals surface area contributed by atoms with E-state index in [0.717, 1.165) is 6.07 Å². The number of ether oxygens (including phenoxy) is 1. The first-order valence-electron chi connectivity index (χ1n) is 5.39. The topological polar surface area (TPSA) is 78.3 Å². The maximum Gasteiger partial charge on any atom is 0.252 e. The zero-order chi connectivity index (χ0) is 14.9. The Balaban J connectivity index is 2.50. The van der Waals surface area contributed by atoms with Crippen molar-refractivity contribution in [2.45, 2.75) is 0 Å². The number of carbonyl (C=O) groups excluding carboxylic acids is 1. The predicted octanol–water partition coefficient (Wildman–Crippen LogP) is 3.72. The summed E-state index contributed by atoms with van der Waals surface area (Å²) in [7, 11) is 0. The first-order valence-corrected chi connectivity index (χ1v) is 6.56. The van der Waals surface area contributed by atoms with Gasteiger partial charge in [0.05, 0.1) is 10.6 Å². The Bertz CT molecular complexity index is 674. The minimum atomic E-state index is -0.746. The molecule has 0 fully saturated rings. The van der Waals surface area contributed by atoms with Gasteiger partial charge in [0, 0.05) is 16.2 Å². The van der Waals surface area contributed by atoms with Gasteiger partial charge in [-0.1, -0.05) is 27.5 Å². The third-order valence-corrected chi connectivity index (χ3v) is 3.13. The zero-order valence-electron chi connectivity index (χ0n) is 9.99. The Morgan fingerprint density at radius 3 is 2.55 bits per heavy atom. The van der Waals surface area contributed by atoms with E-state index in [1.165, 1.54) is 24.3 Å². The fourth-order valence-electron chi connectivity index (χ4n) is 1.61. The molecule has 2 aromatic rings. The quantitative estimate of drug-likeness (QED) is 0.820. The smallest absolute Gasteiger partial charge is 0.252 e. The van der Waals surface area contributed by atoms with E-state index in [4.69, 9.17) is 27.8 Å². The van der Waals surface area contributed by atoms with Crippen molar-refractivity contribution in [3.8, 4) is 11.5 Å². The van der Waals surface area contributed by atoms with Crippen LogP contribution in [0.25, 0.3) is 0 Å². The number of anilines is 1. The number of primary amides is 1. The van der Waals surface area contributed by atoms with Crippen molar-refractivity contribution in [1.29, 1.82) is 0 Å². The van der Waals surface area contributed by atoms with Crippen molar-refractivity contribution >= 4 is 39.1 Å². The van der Waals surface area contributed by atoms with Crippen LogP contribution in [0.5, 0.6) is 11.5 Å². The number of carbonyl (C=O) groups is 1. The molecule has 0 saturated carbocycles. The monoisotopic (exact) mass is 358 g/mol. The Hall–Kier alpha value is -1.79. The van der Waals surface area contributed by atoms with Crippen LogP contribution in [-0.2, 0) is 0 Å². The van der Waals surface area contributed by atoms with Gasteiger partial charge in [-0.25, -0.2) is 4.39 Å². The number of hydrogen-bond acceptors (Lipinski definition) is 3. The van der Waals surface area contributed by atoms with Crippen LogP contribution in [0.4, 0.5) is 10.1 Å². The summed E-state index contributed by atoms with van der Waals surface area (Å²) in [5.41, 5.74) is 11.1. The van der Waals surface area contributed by atoms with Crippen molar-refractivity contribution in [1.82, 2.24) is 0 Å². The van der Waals surface area contributed by atoms with Crippen molar-refractivity contribution in [3.05, 3.63) is 51.2 Å². The van der Waals surface area contributed by atoms with E-state index in [-0.39, 0.29) is 27.8 Å². The zero-order valence-corrected chi connectivity index (χ0v) is 12.3. The van der Waals surface area contributed by atoms with E-state index in [9.17, 15) is 9.18 Å². The number of nitrogens with two attached hydrogens (primary N) is 2. The van der Waals surface area contributed by atoms with Gasteiger partial charge in [-0.3, -0.25) is 4.79 Å². The predicted molar refractivity (Wildman–Crippen MR) is 78.6 cm³/mol. The highest BCUT2D eigenvalue weighted by Crippen LogP contribution is 2.35. The van der Waals surface area contributed by atoms with Gasteiger partial charge >= 0.3 is 0 Å². The molecule has 0 radical (unpaired) electrons. The van der Waals surface area contributed by atoms with Gasteiger partial charge in [0.25, 0.3) is 5.91 Å². The van der Waals surface area contributed by atoms with Crippen molar-refractivity contribution in [3.63, 3.8) is 0 Å². The Labute approximate surface area is 127 Å². The lowest BCUT2D eigenvalue weighted by Gasteiger charge is -2.12. The molecule has 0 bridgehead atoms. The fraction of sp³-hybridized carbons (Fsp3) is 0. The largest absolute Gasteiger partial charge is 0.455 e. The lowest BCUT2D eigenvalue weighted by Crippen LogP contribution is -2.13. The van der Waals surface area contributed by atoms with Crippen molar-refractivity contribution < 1.29 is 13.9 Å². The lowest BCUT2D eigenvalue weighted by atomic mass is 10.1. The maximum atomic E-state index is 13.3. The number of rotatable bonds is 3. The molecule has 104 valence electrons. The van der Waals surface area contributed by atoms with Crippen LogP contribution in [0.2, 0.25) is 5.02 Å². The van der Waals surface area contributed by atoms with E-state index < -0.39 is 11.7 Å². The molecule has 2 aromatic carbocycles. The lowest BCUT2D eigenvalue weighted by molar-refractivity contribution is 0.0998. The van der Waals surface area contributed by atoms with E-state index >= 15 is 0 Å². The molecule has 0 aliphatic heterocycles. The normalized spacial score (nSPS) is 10.3.